The van der Waals surface area contributed by atoms with Gasteiger partial charge in [0.1, 0.15) is 0 Å². The van der Waals surface area contributed by atoms with Gasteiger partial charge in [-0.05, 0) is 31.8 Å². The molecule has 15 heavy (non-hydrogen) atoms. The molecule has 1 fully saturated rings. The van der Waals surface area contributed by atoms with Crippen molar-refractivity contribution in [1.29, 1.82) is 0 Å². The second-order valence-electron chi connectivity index (χ2n) is 4.41. The van der Waals surface area contributed by atoms with Crippen LogP contribution in [0.2, 0.25) is 0 Å². The number of hydrogen-bond acceptors (Lipinski definition) is 3. The van der Waals surface area contributed by atoms with Crippen LogP contribution < -0.4 is 5.32 Å². The lowest BCUT2D eigenvalue weighted by Crippen LogP contribution is -2.33. The molecule has 0 spiro atoms. The Morgan fingerprint density at radius 3 is 2.67 bits per heavy atom. The highest BCUT2D eigenvalue weighted by atomic mass is 16.5. The lowest BCUT2D eigenvalue weighted by atomic mass is 10.1. The zero-order chi connectivity index (χ0) is 10.9. The fraction of sp³-hybridized carbons (Fsp3) is 1.00. The van der Waals surface area contributed by atoms with Gasteiger partial charge in [0.2, 0.25) is 0 Å². The third kappa shape index (κ3) is 6.13. The van der Waals surface area contributed by atoms with Crippen molar-refractivity contribution < 1.29 is 9.47 Å². The molecule has 1 heterocycles. The normalized spacial score (nSPS) is 20.4. The molecule has 0 amide bonds. The topological polar surface area (TPSA) is 30.5 Å². The van der Waals surface area contributed by atoms with Crippen molar-refractivity contribution in [3.8, 4) is 0 Å². The first-order valence-corrected chi connectivity index (χ1v) is 6.23. The number of rotatable bonds is 7. The first-order chi connectivity index (χ1) is 7.33. The predicted molar refractivity (Wildman–Crippen MR) is 62.1 cm³/mol. The molecule has 1 rings (SSSR count). The van der Waals surface area contributed by atoms with Gasteiger partial charge < -0.3 is 14.8 Å². The Morgan fingerprint density at radius 1 is 1.27 bits per heavy atom. The highest BCUT2D eigenvalue weighted by Crippen LogP contribution is 2.07. The zero-order valence-electron chi connectivity index (χ0n) is 10.1. The van der Waals surface area contributed by atoms with E-state index in [-0.39, 0.29) is 0 Å². The SMILES string of the molecule is CCC(C)COCCOC1CCNCC1. The average Bonchev–Trinajstić information content (AvgIpc) is 2.29. The molecule has 1 unspecified atom stereocenters. The average molecular weight is 215 g/mol. The van der Waals surface area contributed by atoms with E-state index >= 15 is 0 Å². The summed E-state index contributed by atoms with van der Waals surface area (Å²) in [6, 6.07) is 0. The molecule has 1 saturated heterocycles. The van der Waals surface area contributed by atoms with Gasteiger partial charge in [-0.1, -0.05) is 20.3 Å². The Morgan fingerprint density at radius 2 is 2.00 bits per heavy atom. The van der Waals surface area contributed by atoms with E-state index in [0.29, 0.717) is 12.0 Å². The summed E-state index contributed by atoms with van der Waals surface area (Å²) in [5, 5.41) is 3.33. The molecule has 0 aromatic heterocycles. The summed E-state index contributed by atoms with van der Waals surface area (Å²) in [6.07, 6.45) is 3.93. The van der Waals surface area contributed by atoms with E-state index in [4.69, 9.17) is 9.47 Å². The van der Waals surface area contributed by atoms with Crippen LogP contribution in [0.4, 0.5) is 0 Å². The third-order valence-corrected chi connectivity index (χ3v) is 2.97. The molecule has 1 aliphatic rings. The van der Waals surface area contributed by atoms with Crippen molar-refractivity contribution in [2.45, 2.75) is 39.2 Å². The molecule has 0 aliphatic carbocycles. The van der Waals surface area contributed by atoms with Gasteiger partial charge in [0.15, 0.2) is 0 Å². The summed E-state index contributed by atoms with van der Waals surface area (Å²) in [6.45, 7) is 8.96. The highest BCUT2D eigenvalue weighted by Gasteiger charge is 2.12. The molecule has 0 bridgehead atoms. The Bertz CT molecular complexity index is 147. The van der Waals surface area contributed by atoms with E-state index in [1.54, 1.807) is 0 Å². The van der Waals surface area contributed by atoms with E-state index in [2.05, 4.69) is 19.2 Å². The molecule has 0 radical (unpaired) electrons. The minimum Gasteiger partial charge on any atom is -0.379 e. The van der Waals surface area contributed by atoms with Gasteiger partial charge in [-0.25, -0.2) is 0 Å². The second kappa shape index (κ2) is 8.08. The van der Waals surface area contributed by atoms with Crippen LogP contribution in [0.15, 0.2) is 0 Å². The first-order valence-electron chi connectivity index (χ1n) is 6.23. The maximum atomic E-state index is 5.73. The molecule has 0 aromatic rings. The summed E-state index contributed by atoms with van der Waals surface area (Å²) in [5.74, 6) is 0.670. The number of nitrogens with one attached hydrogen (secondary N) is 1. The molecule has 3 heteroatoms. The third-order valence-electron chi connectivity index (χ3n) is 2.97. The predicted octanol–water partition coefficient (Wildman–Crippen LogP) is 1.82. The van der Waals surface area contributed by atoms with E-state index in [9.17, 15) is 0 Å². The standard InChI is InChI=1S/C12H25NO2/c1-3-11(2)10-14-8-9-15-12-4-6-13-7-5-12/h11-13H,3-10H2,1-2H3. The Balaban J connectivity index is 1.87. The van der Waals surface area contributed by atoms with Gasteiger partial charge in [-0.3, -0.25) is 0 Å². The highest BCUT2D eigenvalue weighted by molar-refractivity contribution is 4.67. The smallest absolute Gasteiger partial charge is 0.0704 e. The van der Waals surface area contributed by atoms with Crippen molar-refractivity contribution in [1.82, 2.24) is 5.32 Å². The number of piperidine rings is 1. The van der Waals surface area contributed by atoms with Crippen LogP contribution in [0.25, 0.3) is 0 Å². The minimum absolute atomic E-state index is 0.457. The molecule has 3 nitrogen and oxygen atoms in total. The van der Waals surface area contributed by atoms with Gasteiger partial charge in [0.05, 0.1) is 19.3 Å². The van der Waals surface area contributed by atoms with Crippen LogP contribution in [-0.2, 0) is 9.47 Å². The first kappa shape index (κ1) is 12.9. The molecule has 0 saturated carbocycles. The van der Waals surface area contributed by atoms with E-state index in [1.807, 2.05) is 0 Å². The van der Waals surface area contributed by atoms with Crippen LogP contribution in [-0.4, -0.2) is 39.0 Å². The van der Waals surface area contributed by atoms with Crippen LogP contribution in [0, 0.1) is 5.92 Å². The summed E-state index contributed by atoms with van der Waals surface area (Å²) < 4.78 is 11.3. The fourth-order valence-electron chi connectivity index (χ4n) is 1.64. The summed E-state index contributed by atoms with van der Waals surface area (Å²) in [5.41, 5.74) is 0. The molecular formula is C12H25NO2. The fourth-order valence-corrected chi connectivity index (χ4v) is 1.64. The molecular weight excluding hydrogens is 190 g/mol. The molecule has 0 aromatic carbocycles. The quantitative estimate of drug-likeness (QED) is 0.657. The van der Waals surface area contributed by atoms with E-state index in [0.717, 1.165) is 45.8 Å². The van der Waals surface area contributed by atoms with Crippen molar-refractivity contribution in [3.63, 3.8) is 0 Å². The molecule has 1 aliphatic heterocycles. The van der Waals surface area contributed by atoms with E-state index in [1.165, 1.54) is 6.42 Å². The van der Waals surface area contributed by atoms with Crippen LogP contribution >= 0.6 is 0 Å². The van der Waals surface area contributed by atoms with Gasteiger partial charge >= 0.3 is 0 Å². The largest absolute Gasteiger partial charge is 0.379 e. The summed E-state index contributed by atoms with van der Waals surface area (Å²) in [4.78, 5) is 0. The van der Waals surface area contributed by atoms with Gasteiger partial charge in [0.25, 0.3) is 0 Å². The Hall–Kier alpha value is -0.120. The van der Waals surface area contributed by atoms with Gasteiger partial charge in [-0.2, -0.15) is 0 Å². The van der Waals surface area contributed by atoms with Crippen molar-refractivity contribution in [2.24, 2.45) is 5.92 Å². The van der Waals surface area contributed by atoms with E-state index < -0.39 is 0 Å². The molecule has 90 valence electrons. The van der Waals surface area contributed by atoms with Crippen molar-refractivity contribution in [3.05, 3.63) is 0 Å². The minimum atomic E-state index is 0.457. The van der Waals surface area contributed by atoms with Crippen LogP contribution in [0.3, 0.4) is 0 Å². The lowest BCUT2D eigenvalue weighted by molar-refractivity contribution is -0.0127. The Labute approximate surface area is 93.5 Å². The monoisotopic (exact) mass is 215 g/mol. The number of ether oxygens (including phenoxy) is 2. The molecule has 1 N–H and O–H groups in total. The lowest BCUT2D eigenvalue weighted by Gasteiger charge is -2.23. The van der Waals surface area contributed by atoms with Gasteiger partial charge in [0, 0.05) is 6.61 Å². The molecule has 1 atom stereocenters. The van der Waals surface area contributed by atoms with Gasteiger partial charge in [-0.15, -0.1) is 0 Å². The van der Waals surface area contributed by atoms with Crippen LogP contribution in [0.5, 0.6) is 0 Å². The second-order valence-corrected chi connectivity index (χ2v) is 4.41. The maximum absolute atomic E-state index is 5.73. The Kier molecular flexibility index (Phi) is 6.98. The number of hydrogen-bond donors (Lipinski definition) is 1. The summed E-state index contributed by atoms with van der Waals surface area (Å²) >= 11 is 0. The van der Waals surface area contributed by atoms with Crippen molar-refractivity contribution >= 4 is 0 Å². The van der Waals surface area contributed by atoms with Crippen LogP contribution in [0.1, 0.15) is 33.1 Å². The van der Waals surface area contributed by atoms with Crippen molar-refractivity contribution in [2.75, 3.05) is 32.9 Å². The summed E-state index contributed by atoms with van der Waals surface area (Å²) in [7, 11) is 0. The maximum Gasteiger partial charge on any atom is 0.0704 e. The zero-order valence-corrected chi connectivity index (χ0v) is 10.1.